The average molecular weight is 301 g/mol. The quantitative estimate of drug-likeness (QED) is 0.833. The van der Waals surface area contributed by atoms with Gasteiger partial charge in [0.15, 0.2) is 5.78 Å². The number of ketones is 1. The van der Waals surface area contributed by atoms with Gasteiger partial charge in [0, 0.05) is 5.56 Å². The Balaban J connectivity index is 2.30. The number of benzene rings is 2. The zero-order valence-corrected chi connectivity index (χ0v) is 13.2. The molecule has 1 N–H and O–H groups in total. The van der Waals surface area contributed by atoms with Crippen LogP contribution in [-0.4, -0.2) is 12.9 Å². The molecule has 0 heterocycles. The molecule has 0 amide bonds. The topological polar surface area (TPSA) is 38.3 Å². The van der Waals surface area contributed by atoms with Crippen molar-refractivity contribution in [3.8, 4) is 5.75 Å². The van der Waals surface area contributed by atoms with Gasteiger partial charge in [-0.1, -0.05) is 12.1 Å². The van der Waals surface area contributed by atoms with Crippen LogP contribution in [0, 0.1) is 5.82 Å². The van der Waals surface area contributed by atoms with E-state index >= 15 is 0 Å². The number of carbonyl (C=O) groups excluding carboxylic acids is 1. The highest BCUT2D eigenvalue weighted by molar-refractivity contribution is 5.95. The van der Waals surface area contributed by atoms with Crippen molar-refractivity contribution in [1.82, 2.24) is 0 Å². The summed E-state index contributed by atoms with van der Waals surface area (Å²) in [6.45, 7) is 5.37. The number of methoxy groups -OCH3 is 1. The summed E-state index contributed by atoms with van der Waals surface area (Å²) in [4.78, 5) is 11.5. The van der Waals surface area contributed by atoms with Crippen molar-refractivity contribution in [3.63, 3.8) is 0 Å². The molecular weight excluding hydrogens is 281 g/mol. The normalized spacial score (nSPS) is 11.1. The molecule has 0 aliphatic carbocycles. The fourth-order valence-electron chi connectivity index (χ4n) is 2.26. The minimum atomic E-state index is -0.497. The Hall–Kier alpha value is -2.36. The molecule has 0 saturated heterocycles. The zero-order chi connectivity index (χ0) is 16.3. The van der Waals surface area contributed by atoms with Crippen molar-refractivity contribution in [2.75, 3.05) is 12.4 Å². The molecule has 3 nitrogen and oxygen atoms in total. The molecule has 2 aromatic rings. The molecule has 0 spiro atoms. The molecule has 0 unspecified atom stereocenters. The van der Waals surface area contributed by atoms with E-state index in [1.165, 1.54) is 19.1 Å². The second kappa shape index (κ2) is 6.18. The van der Waals surface area contributed by atoms with Gasteiger partial charge in [0.05, 0.1) is 18.3 Å². The minimum Gasteiger partial charge on any atom is -0.497 e. The molecule has 0 aliphatic heterocycles. The molecule has 0 bridgehead atoms. The lowest BCUT2D eigenvalue weighted by atomic mass is 9.93. The Morgan fingerprint density at radius 3 is 2.32 bits per heavy atom. The molecule has 116 valence electrons. The van der Waals surface area contributed by atoms with Crippen LogP contribution in [0.4, 0.5) is 10.1 Å². The third-order valence-electron chi connectivity index (χ3n) is 3.63. The first-order chi connectivity index (χ1) is 10.3. The number of nitrogens with one attached hydrogen (secondary N) is 1. The minimum absolute atomic E-state index is 0.0923. The summed E-state index contributed by atoms with van der Waals surface area (Å²) in [5.41, 5.74) is 1.28. The van der Waals surface area contributed by atoms with Crippen molar-refractivity contribution in [1.29, 1.82) is 0 Å². The van der Waals surface area contributed by atoms with Crippen molar-refractivity contribution >= 4 is 11.5 Å². The number of carbonyl (C=O) groups is 1. The Labute approximate surface area is 130 Å². The van der Waals surface area contributed by atoms with Crippen LogP contribution in [0.2, 0.25) is 0 Å². The smallest absolute Gasteiger partial charge is 0.159 e. The summed E-state index contributed by atoms with van der Waals surface area (Å²) in [6, 6.07) is 11.9. The highest BCUT2D eigenvalue weighted by Crippen LogP contribution is 2.29. The standard InChI is InChI=1S/C18H20FNO2/c1-12(21)13-5-10-16(19)17(11-13)20-18(2,3)14-6-8-15(22-4)9-7-14/h5-11,20H,1-4H3. The number of halogens is 1. The first-order valence-electron chi connectivity index (χ1n) is 7.06. The Bertz CT molecular complexity index is 678. The molecule has 0 atom stereocenters. The maximum absolute atomic E-state index is 14.0. The van der Waals surface area contributed by atoms with Gasteiger partial charge in [-0.2, -0.15) is 0 Å². The van der Waals surface area contributed by atoms with E-state index in [1.807, 2.05) is 38.1 Å². The maximum Gasteiger partial charge on any atom is 0.159 e. The van der Waals surface area contributed by atoms with Crippen molar-refractivity contribution in [2.24, 2.45) is 0 Å². The summed E-state index contributed by atoms with van der Waals surface area (Å²) in [7, 11) is 1.61. The van der Waals surface area contributed by atoms with Crippen LogP contribution in [0.5, 0.6) is 5.75 Å². The third kappa shape index (κ3) is 3.45. The van der Waals surface area contributed by atoms with Crippen LogP contribution in [0.25, 0.3) is 0 Å². The van der Waals surface area contributed by atoms with E-state index in [0.29, 0.717) is 11.3 Å². The highest BCUT2D eigenvalue weighted by Gasteiger charge is 2.22. The van der Waals surface area contributed by atoms with E-state index in [0.717, 1.165) is 11.3 Å². The molecule has 2 aromatic carbocycles. The average Bonchev–Trinajstić information content (AvgIpc) is 2.49. The van der Waals surface area contributed by atoms with E-state index in [4.69, 9.17) is 4.74 Å². The summed E-state index contributed by atoms with van der Waals surface area (Å²) < 4.78 is 19.1. The Morgan fingerprint density at radius 1 is 1.14 bits per heavy atom. The van der Waals surface area contributed by atoms with Gasteiger partial charge in [-0.15, -0.1) is 0 Å². The van der Waals surface area contributed by atoms with Gasteiger partial charge >= 0.3 is 0 Å². The molecule has 0 aromatic heterocycles. The van der Waals surface area contributed by atoms with Gasteiger partial charge in [-0.05, 0) is 56.7 Å². The van der Waals surface area contributed by atoms with Gasteiger partial charge in [0.2, 0.25) is 0 Å². The molecule has 0 radical (unpaired) electrons. The van der Waals surface area contributed by atoms with Crippen LogP contribution in [0.1, 0.15) is 36.7 Å². The summed E-state index contributed by atoms with van der Waals surface area (Å²) in [6.07, 6.45) is 0. The first kappa shape index (κ1) is 16.0. The molecular formula is C18H20FNO2. The van der Waals surface area contributed by atoms with E-state index in [2.05, 4.69) is 5.32 Å². The molecule has 4 heteroatoms. The second-order valence-electron chi connectivity index (χ2n) is 5.73. The van der Waals surface area contributed by atoms with E-state index in [9.17, 15) is 9.18 Å². The van der Waals surface area contributed by atoms with E-state index in [-0.39, 0.29) is 11.6 Å². The fourth-order valence-corrected chi connectivity index (χ4v) is 2.26. The van der Waals surface area contributed by atoms with Crippen LogP contribution in [0.3, 0.4) is 0 Å². The fraction of sp³-hybridized carbons (Fsp3) is 0.278. The molecule has 0 fully saturated rings. The van der Waals surface area contributed by atoms with Gasteiger partial charge in [0.1, 0.15) is 11.6 Å². The molecule has 22 heavy (non-hydrogen) atoms. The lowest BCUT2D eigenvalue weighted by Gasteiger charge is -2.28. The van der Waals surface area contributed by atoms with Crippen LogP contribution >= 0.6 is 0 Å². The van der Waals surface area contributed by atoms with Crippen LogP contribution in [0.15, 0.2) is 42.5 Å². The number of rotatable bonds is 5. The monoisotopic (exact) mass is 301 g/mol. The van der Waals surface area contributed by atoms with Gasteiger partial charge in [0.25, 0.3) is 0 Å². The Morgan fingerprint density at radius 2 is 1.77 bits per heavy atom. The zero-order valence-electron chi connectivity index (χ0n) is 13.2. The van der Waals surface area contributed by atoms with E-state index in [1.54, 1.807) is 13.2 Å². The number of anilines is 1. The van der Waals surface area contributed by atoms with Gasteiger partial charge in [-0.25, -0.2) is 4.39 Å². The highest BCUT2D eigenvalue weighted by atomic mass is 19.1. The summed E-state index contributed by atoms with van der Waals surface area (Å²) in [5, 5.41) is 3.17. The van der Waals surface area contributed by atoms with Crippen LogP contribution < -0.4 is 10.1 Å². The predicted molar refractivity (Wildman–Crippen MR) is 86.0 cm³/mol. The van der Waals surface area contributed by atoms with Gasteiger partial charge < -0.3 is 10.1 Å². The van der Waals surface area contributed by atoms with Crippen LogP contribution in [-0.2, 0) is 5.54 Å². The lowest BCUT2D eigenvalue weighted by molar-refractivity contribution is 0.101. The molecule has 2 rings (SSSR count). The summed E-state index contributed by atoms with van der Waals surface area (Å²) >= 11 is 0. The number of ether oxygens (including phenoxy) is 1. The number of hydrogen-bond donors (Lipinski definition) is 1. The van der Waals surface area contributed by atoms with Gasteiger partial charge in [-0.3, -0.25) is 4.79 Å². The summed E-state index contributed by atoms with van der Waals surface area (Å²) in [5.74, 6) is 0.293. The molecule has 0 aliphatic rings. The number of hydrogen-bond acceptors (Lipinski definition) is 3. The first-order valence-corrected chi connectivity index (χ1v) is 7.06. The van der Waals surface area contributed by atoms with Crippen molar-refractivity contribution in [3.05, 3.63) is 59.4 Å². The predicted octanol–water partition coefficient (Wildman–Crippen LogP) is 4.38. The lowest BCUT2D eigenvalue weighted by Crippen LogP contribution is -2.28. The maximum atomic E-state index is 14.0. The third-order valence-corrected chi connectivity index (χ3v) is 3.63. The second-order valence-corrected chi connectivity index (χ2v) is 5.73. The van der Waals surface area contributed by atoms with Crippen molar-refractivity contribution in [2.45, 2.75) is 26.3 Å². The SMILES string of the molecule is COc1ccc(C(C)(C)Nc2cc(C(C)=O)ccc2F)cc1. The number of Topliss-reactive ketones (excluding diaryl/α,β-unsaturated/α-hetero) is 1. The van der Waals surface area contributed by atoms with Crippen molar-refractivity contribution < 1.29 is 13.9 Å². The largest absolute Gasteiger partial charge is 0.497 e. The Kier molecular flexibility index (Phi) is 4.50. The molecule has 0 saturated carbocycles. The van der Waals surface area contributed by atoms with E-state index < -0.39 is 5.54 Å².